The van der Waals surface area contributed by atoms with Gasteiger partial charge in [-0.3, -0.25) is 0 Å². The van der Waals surface area contributed by atoms with Gasteiger partial charge >= 0.3 is 5.97 Å². The minimum Gasteiger partial charge on any atom is -0.489 e. The SMILES string of the molecule is CN(CCN1CCCCC1)CCn1c(-c2ccc(OCc3ccccc3)cc2)c(-c2ccccc2)c2sc(C(=O)O)cc21. The second-order valence-electron chi connectivity index (χ2n) is 11.4. The topological polar surface area (TPSA) is 57.9 Å². The molecule has 5 aromatic rings. The first-order chi connectivity index (χ1) is 21.1. The zero-order valence-corrected chi connectivity index (χ0v) is 25.6. The number of piperidine rings is 1. The number of likely N-dealkylation sites (N-methyl/N-ethyl adjacent to an activating group) is 1. The van der Waals surface area contributed by atoms with E-state index in [1.54, 1.807) is 0 Å². The fourth-order valence-electron chi connectivity index (χ4n) is 5.96. The number of hydrogen-bond donors (Lipinski definition) is 1. The molecule has 0 saturated carbocycles. The number of benzene rings is 3. The summed E-state index contributed by atoms with van der Waals surface area (Å²) in [7, 11) is 2.19. The Morgan fingerprint density at radius 2 is 1.53 bits per heavy atom. The molecule has 1 aliphatic rings. The van der Waals surface area contributed by atoms with Crippen molar-refractivity contribution < 1.29 is 14.6 Å². The first kappa shape index (κ1) is 29.2. The number of nitrogens with zero attached hydrogens (tertiary/aromatic N) is 3. The Kier molecular flexibility index (Phi) is 9.22. The number of aromatic nitrogens is 1. The summed E-state index contributed by atoms with van der Waals surface area (Å²) in [4.78, 5) is 17.4. The number of fused-ring (bicyclic) bond motifs is 1. The standard InChI is InChI=1S/C36H39N3O3S/c1-37(21-23-38-19-9-4-10-20-38)22-24-39-31-25-32(36(40)41)43-35(31)33(28-13-7-3-8-14-28)34(39)29-15-17-30(18-16-29)42-26-27-11-5-2-6-12-27/h2-3,5-8,11-18,25H,4,9-10,19-24,26H2,1H3,(H,40,41). The Morgan fingerprint density at radius 3 is 2.23 bits per heavy atom. The molecule has 1 aliphatic heterocycles. The van der Waals surface area contributed by atoms with E-state index in [1.807, 2.05) is 54.6 Å². The molecular weight excluding hydrogens is 554 g/mol. The Bertz CT molecular complexity index is 1640. The van der Waals surface area contributed by atoms with Crippen LogP contribution in [0.3, 0.4) is 0 Å². The second-order valence-corrected chi connectivity index (χ2v) is 12.4. The predicted octanol–water partition coefficient (Wildman–Crippen LogP) is 7.73. The lowest BCUT2D eigenvalue weighted by molar-refractivity contribution is 0.0702. The minimum absolute atomic E-state index is 0.366. The van der Waals surface area contributed by atoms with Crippen LogP contribution in [0.1, 0.15) is 34.5 Å². The van der Waals surface area contributed by atoms with Crippen LogP contribution in [0, 0.1) is 0 Å². The van der Waals surface area contributed by atoms with Crippen molar-refractivity contribution in [3.63, 3.8) is 0 Å². The van der Waals surface area contributed by atoms with E-state index in [-0.39, 0.29) is 0 Å². The van der Waals surface area contributed by atoms with Gasteiger partial charge < -0.3 is 24.2 Å². The van der Waals surface area contributed by atoms with Crippen molar-refractivity contribution in [2.45, 2.75) is 32.4 Å². The van der Waals surface area contributed by atoms with Gasteiger partial charge in [-0.05, 0) is 80.0 Å². The van der Waals surface area contributed by atoms with Crippen LogP contribution in [0.2, 0.25) is 0 Å². The Balaban J connectivity index is 1.33. The van der Waals surface area contributed by atoms with Gasteiger partial charge in [-0.25, -0.2) is 4.79 Å². The van der Waals surface area contributed by atoms with E-state index >= 15 is 0 Å². The van der Waals surface area contributed by atoms with Crippen molar-refractivity contribution in [1.29, 1.82) is 0 Å². The first-order valence-electron chi connectivity index (χ1n) is 15.2. The molecule has 7 heteroatoms. The van der Waals surface area contributed by atoms with Crippen molar-refractivity contribution in [3.8, 4) is 28.1 Å². The van der Waals surface area contributed by atoms with E-state index in [9.17, 15) is 9.90 Å². The van der Waals surface area contributed by atoms with Crippen LogP contribution in [0.5, 0.6) is 5.75 Å². The molecule has 0 radical (unpaired) electrons. The molecule has 6 nitrogen and oxygen atoms in total. The molecule has 1 saturated heterocycles. The fourth-order valence-corrected chi connectivity index (χ4v) is 7.03. The number of aromatic carboxylic acids is 1. The van der Waals surface area contributed by atoms with Crippen molar-refractivity contribution in [2.24, 2.45) is 0 Å². The van der Waals surface area contributed by atoms with Gasteiger partial charge in [-0.15, -0.1) is 11.3 Å². The van der Waals surface area contributed by atoms with Gasteiger partial charge in [0.05, 0.1) is 15.9 Å². The Morgan fingerprint density at radius 1 is 0.860 bits per heavy atom. The van der Waals surface area contributed by atoms with Crippen LogP contribution >= 0.6 is 11.3 Å². The van der Waals surface area contributed by atoms with E-state index in [4.69, 9.17) is 4.74 Å². The van der Waals surface area contributed by atoms with Gasteiger partial charge in [0.25, 0.3) is 0 Å². The number of carboxylic acid groups (broad SMARTS) is 1. The van der Waals surface area contributed by atoms with Gasteiger partial charge in [0.2, 0.25) is 0 Å². The molecule has 0 spiro atoms. The van der Waals surface area contributed by atoms with E-state index in [0.29, 0.717) is 11.5 Å². The highest BCUT2D eigenvalue weighted by molar-refractivity contribution is 7.21. The number of carbonyl (C=O) groups is 1. The van der Waals surface area contributed by atoms with Crippen LogP contribution in [0.25, 0.3) is 32.6 Å². The Hall–Kier alpha value is -3.91. The third-order valence-electron chi connectivity index (χ3n) is 8.34. The monoisotopic (exact) mass is 593 g/mol. The van der Waals surface area contributed by atoms with Gasteiger partial charge in [0, 0.05) is 31.7 Å². The second kappa shape index (κ2) is 13.6. The maximum Gasteiger partial charge on any atom is 0.345 e. The molecule has 43 heavy (non-hydrogen) atoms. The van der Waals surface area contributed by atoms with Gasteiger partial charge in [0.1, 0.15) is 17.2 Å². The summed E-state index contributed by atoms with van der Waals surface area (Å²) < 4.78 is 9.43. The third kappa shape index (κ3) is 6.85. The van der Waals surface area contributed by atoms with Crippen LogP contribution in [-0.4, -0.2) is 65.2 Å². The number of carboxylic acids is 1. The highest BCUT2D eigenvalue weighted by Gasteiger charge is 2.24. The lowest BCUT2D eigenvalue weighted by atomic mass is 10.0. The number of hydrogen-bond acceptors (Lipinski definition) is 5. The summed E-state index contributed by atoms with van der Waals surface area (Å²) in [6.45, 7) is 6.66. The van der Waals surface area contributed by atoms with Crippen LogP contribution in [0.4, 0.5) is 0 Å². The summed E-state index contributed by atoms with van der Waals surface area (Å²) in [5.74, 6) is -0.0636. The number of rotatable bonds is 12. The van der Waals surface area contributed by atoms with E-state index < -0.39 is 5.97 Å². The molecule has 222 valence electrons. The van der Waals surface area contributed by atoms with E-state index in [2.05, 4.69) is 57.8 Å². The molecule has 0 atom stereocenters. The van der Waals surface area contributed by atoms with Gasteiger partial charge in [-0.2, -0.15) is 0 Å². The molecule has 0 unspecified atom stereocenters. The van der Waals surface area contributed by atoms with Crippen molar-refractivity contribution in [1.82, 2.24) is 14.4 Å². The first-order valence-corrected chi connectivity index (χ1v) is 16.0. The van der Waals surface area contributed by atoms with Crippen LogP contribution in [-0.2, 0) is 13.2 Å². The normalized spacial score (nSPS) is 14.0. The zero-order chi connectivity index (χ0) is 29.6. The van der Waals surface area contributed by atoms with Crippen LogP contribution in [0.15, 0.2) is 91.0 Å². The molecular formula is C36H39N3O3S. The summed E-state index contributed by atoms with van der Waals surface area (Å²) in [5.41, 5.74) is 6.48. The maximum absolute atomic E-state index is 12.1. The van der Waals surface area contributed by atoms with Crippen molar-refractivity contribution in [2.75, 3.05) is 39.8 Å². The number of likely N-dealkylation sites (tertiary alicyclic amines) is 1. The molecule has 3 aromatic carbocycles. The Labute approximate surface area is 257 Å². The van der Waals surface area contributed by atoms with E-state index in [0.717, 1.165) is 70.1 Å². The lowest BCUT2D eigenvalue weighted by Crippen LogP contribution is -2.37. The molecule has 3 heterocycles. The van der Waals surface area contributed by atoms with Gasteiger partial charge in [0.15, 0.2) is 0 Å². The summed E-state index contributed by atoms with van der Waals surface area (Å²) in [5, 5.41) is 9.89. The smallest absolute Gasteiger partial charge is 0.345 e. The van der Waals surface area contributed by atoms with Crippen LogP contribution < -0.4 is 4.74 Å². The molecule has 0 amide bonds. The molecule has 1 N–H and O–H groups in total. The number of ether oxygens (including phenoxy) is 1. The summed E-state index contributed by atoms with van der Waals surface area (Å²) in [6, 6.07) is 30.7. The van der Waals surface area contributed by atoms with Crippen molar-refractivity contribution in [3.05, 3.63) is 101 Å². The third-order valence-corrected chi connectivity index (χ3v) is 9.47. The van der Waals surface area contributed by atoms with Gasteiger partial charge in [-0.1, -0.05) is 67.1 Å². The minimum atomic E-state index is -0.883. The predicted molar refractivity (Wildman–Crippen MR) is 176 cm³/mol. The molecule has 0 aliphatic carbocycles. The largest absolute Gasteiger partial charge is 0.489 e. The van der Waals surface area contributed by atoms with E-state index in [1.165, 1.54) is 43.7 Å². The zero-order valence-electron chi connectivity index (χ0n) is 24.7. The van der Waals surface area contributed by atoms with Crippen molar-refractivity contribution >= 4 is 27.5 Å². The molecule has 6 rings (SSSR count). The summed E-state index contributed by atoms with van der Waals surface area (Å²) in [6.07, 6.45) is 3.95. The molecule has 1 fully saturated rings. The average molecular weight is 594 g/mol. The number of thiophene rings is 1. The molecule has 2 aromatic heterocycles. The molecule has 0 bridgehead atoms. The maximum atomic E-state index is 12.1. The average Bonchev–Trinajstić information content (AvgIpc) is 3.61. The highest BCUT2D eigenvalue weighted by atomic mass is 32.1. The summed E-state index contributed by atoms with van der Waals surface area (Å²) >= 11 is 1.36. The lowest BCUT2D eigenvalue weighted by Gasteiger charge is -2.28. The quantitative estimate of drug-likeness (QED) is 0.160. The highest BCUT2D eigenvalue weighted by Crippen LogP contribution is 2.45. The fraction of sp³-hybridized carbons (Fsp3) is 0.306.